The first-order valence-corrected chi connectivity index (χ1v) is 24.1. The average molecular weight is 742 g/mol. The van der Waals surface area contributed by atoms with Gasteiger partial charge in [-0.1, -0.05) is 0 Å². The van der Waals surface area contributed by atoms with E-state index in [-0.39, 0.29) is 7.22 Å². The summed E-state index contributed by atoms with van der Waals surface area (Å²) in [5.74, 6) is 0. The summed E-state index contributed by atoms with van der Waals surface area (Å²) >= 11 is -15.9. The predicted octanol–water partition coefficient (Wildman–Crippen LogP) is 1.23. The van der Waals surface area contributed by atoms with Crippen LogP contribution in [-0.4, -0.2) is 91.0 Å². The van der Waals surface area contributed by atoms with Gasteiger partial charge in [-0.05, 0) is 0 Å². The summed E-state index contributed by atoms with van der Waals surface area (Å²) in [5, 5.41) is 2.54. The summed E-state index contributed by atoms with van der Waals surface area (Å²) in [4.78, 5) is 0. The monoisotopic (exact) mass is 746 g/mol. The molecule has 200 valence electrons. The summed E-state index contributed by atoms with van der Waals surface area (Å²) in [6, 6.07) is 21.0. The van der Waals surface area contributed by atoms with Crippen molar-refractivity contribution >= 4 is 74.8 Å². The van der Waals surface area contributed by atoms with Crippen LogP contribution in [0.4, 0.5) is 11.4 Å². The Bertz CT molecular complexity index is 1610. The minimum atomic E-state index is -7.93. The van der Waals surface area contributed by atoms with Crippen molar-refractivity contribution in [1.29, 1.82) is 0 Å². The van der Waals surface area contributed by atoms with E-state index in [1.165, 1.54) is 12.1 Å². The minimum absolute atomic E-state index is 0.00474. The van der Waals surface area contributed by atoms with Gasteiger partial charge >= 0.3 is 217 Å². The van der Waals surface area contributed by atoms with E-state index in [0.717, 1.165) is 25.0 Å². The number of rotatable bonds is 4. The Kier molecular flexibility index (Phi) is 4.32. The second-order valence-electron chi connectivity index (χ2n) is 10.8. The third-order valence-electron chi connectivity index (χ3n) is 8.87. The van der Waals surface area contributed by atoms with Crippen molar-refractivity contribution < 1.29 is 21.6 Å². The molecule has 0 aromatic heterocycles. The molecule has 2 aliphatic heterocycles. The fourth-order valence-corrected chi connectivity index (χ4v) is 49.0. The molecule has 0 atom stereocenters. The standard InChI is InChI=1S/C26H32N2O7Te2/c1-27(2)21-15-7-11-19-13-9-17-23(25(19)21)36(27,29,30,33-5)35-37(31,32,34-6)24-18-10-14-20-12-8-16-22(26(20)24)28(37,3)4/h7-18H,1-6H3,(H2-2,29,30,31,32)/p+2. The number of nitrogens with zero attached hydrogens (tertiary/aromatic N) is 2. The van der Waals surface area contributed by atoms with Crippen LogP contribution in [0.15, 0.2) is 72.8 Å². The predicted molar refractivity (Wildman–Crippen MR) is 150 cm³/mol. The quantitative estimate of drug-likeness (QED) is 0.233. The number of hydrogen-bond donors (Lipinski definition) is 4. The summed E-state index contributed by atoms with van der Waals surface area (Å²) in [6.07, 6.45) is 0. The van der Waals surface area contributed by atoms with Crippen LogP contribution in [0.25, 0.3) is 21.5 Å². The molecule has 4 aromatic rings. The van der Waals surface area contributed by atoms with Crippen LogP contribution < -0.4 is 12.7 Å². The van der Waals surface area contributed by atoms with Crippen molar-refractivity contribution in [2.75, 3.05) is 42.4 Å². The van der Waals surface area contributed by atoms with Crippen molar-refractivity contribution in [3.63, 3.8) is 0 Å². The molecule has 2 heterocycles. The van der Waals surface area contributed by atoms with Crippen molar-refractivity contribution in [3.05, 3.63) is 72.8 Å². The molecule has 6 rings (SSSR count). The fourth-order valence-electron chi connectivity index (χ4n) is 6.31. The van der Waals surface area contributed by atoms with E-state index in [4.69, 9.17) is 7.67 Å². The van der Waals surface area contributed by atoms with E-state index in [1.807, 2.05) is 36.4 Å². The van der Waals surface area contributed by atoms with Crippen LogP contribution in [0, 0.1) is 0 Å². The van der Waals surface area contributed by atoms with Crippen LogP contribution in [0.2, 0.25) is 0 Å². The van der Waals surface area contributed by atoms with E-state index >= 15 is 0 Å². The molecule has 4 N–H and O–H groups in total. The molecule has 2 aliphatic rings. The SMILES string of the molecule is CO[Te]1(O)(O)(O[Te]2(O)(O)(OC)c3cccc4cccc(c34)[N+]2(C)C)c2cccc3cccc(c23)[N+]1(C)C. The molecule has 0 fully saturated rings. The van der Waals surface area contributed by atoms with Gasteiger partial charge in [0.05, 0.1) is 0 Å². The average Bonchev–Trinajstić information content (AvgIpc) is 3.07. The summed E-state index contributed by atoms with van der Waals surface area (Å²) in [5.41, 5.74) is 1.04. The maximum absolute atomic E-state index is 13.3. The Balaban J connectivity index is 1.85. The Labute approximate surface area is 215 Å². The number of hydrogen-bond acceptors (Lipinski definition) is 7. The van der Waals surface area contributed by atoms with Crippen molar-refractivity contribution in [1.82, 2.24) is 5.47 Å². The molecule has 0 saturated carbocycles. The third kappa shape index (κ3) is 2.23. The van der Waals surface area contributed by atoms with Crippen molar-refractivity contribution in [2.45, 2.75) is 0 Å². The zero-order valence-electron chi connectivity index (χ0n) is 21.7. The van der Waals surface area contributed by atoms with E-state index in [0.29, 0.717) is 22.1 Å². The first kappa shape index (κ1) is 25.9. The molecule has 0 aliphatic carbocycles. The van der Waals surface area contributed by atoms with Gasteiger partial charge in [0, 0.05) is 0 Å². The second kappa shape index (κ2) is 6.17. The van der Waals surface area contributed by atoms with Gasteiger partial charge in [-0.2, -0.15) is 0 Å². The molecule has 9 nitrogen and oxygen atoms in total. The van der Waals surface area contributed by atoms with Gasteiger partial charge in [0.1, 0.15) is 0 Å². The summed E-state index contributed by atoms with van der Waals surface area (Å²) < 4.78 is 70.2. The van der Waals surface area contributed by atoms with E-state index < -0.39 is 40.2 Å². The van der Waals surface area contributed by atoms with Gasteiger partial charge in [-0.25, -0.2) is 0 Å². The molecule has 0 saturated heterocycles. The molecule has 0 spiro atoms. The van der Waals surface area contributed by atoms with E-state index in [1.54, 1.807) is 52.5 Å². The van der Waals surface area contributed by atoms with Crippen molar-refractivity contribution in [3.8, 4) is 0 Å². The van der Waals surface area contributed by atoms with Crippen LogP contribution in [0.5, 0.6) is 0 Å². The molecule has 0 radical (unpaired) electrons. The zero-order valence-corrected chi connectivity index (χ0v) is 26.3. The van der Waals surface area contributed by atoms with Gasteiger partial charge in [0.2, 0.25) is 0 Å². The molecule has 0 amide bonds. The summed E-state index contributed by atoms with van der Waals surface area (Å²) in [6.45, 7) is 0. The molecule has 0 bridgehead atoms. The first-order chi connectivity index (χ1) is 16.9. The van der Waals surface area contributed by atoms with Crippen LogP contribution in [0.3, 0.4) is 0 Å². The van der Waals surface area contributed by atoms with Gasteiger partial charge < -0.3 is 0 Å². The zero-order chi connectivity index (χ0) is 27.0. The molecule has 37 heavy (non-hydrogen) atoms. The van der Waals surface area contributed by atoms with E-state index in [2.05, 4.69) is 0 Å². The van der Waals surface area contributed by atoms with Crippen LogP contribution in [-0.2, 0) is 7.67 Å². The molecular weight excluding hydrogens is 707 g/mol. The molecule has 0 unspecified atom stereocenters. The summed E-state index contributed by atoms with van der Waals surface area (Å²) in [7, 11) is 8.54. The number of quaternary nitrogens is 2. The normalized spacial score (nSPS) is 29.0. The Morgan fingerprint density at radius 2 is 0.865 bits per heavy atom. The van der Waals surface area contributed by atoms with Crippen LogP contribution >= 0.6 is 0 Å². The Morgan fingerprint density at radius 3 is 1.19 bits per heavy atom. The first-order valence-electron chi connectivity index (χ1n) is 11.7. The molecular formula is C26H34N2O7Te2+2. The third-order valence-corrected chi connectivity index (χ3v) is 46.6. The van der Waals surface area contributed by atoms with E-state index in [9.17, 15) is 13.9 Å². The molecule has 4 aromatic carbocycles. The van der Waals surface area contributed by atoms with Crippen LogP contribution in [0.1, 0.15) is 0 Å². The number of benzene rings is 4. The van der Waals surface area contributed by atoms with Gasteiger partial charge in [0.25, 0.3) is 0 Å². The Hall–Kier alpha value is -1.38. The second-order valence-corrected chi connectivity index (χ2v) is 37.1. The maximum atomic E-state index is 13.3. The van der Waals surface area contributed by atoms with Gasteiger partial charge in [-0.15, -0.1) is 0 Å². The topological polar surface area (TPSA) is 109 Å². The van der Waals surface area contributed by atoms with Gasteiger partial charge in [-0.3, -0.25) is 0 Å². The Morgan fingerprint density at radius 1 is 0.541 bits per heavy atom. The van der Waals surface area contributed by atoms with Gasteiger partial charge in [0.15, 0.2) is 0 Å². The fraction of sp³-hybridized carbons (Fsp3) is 0.231. The van der Waals surface area contributed by atoms with Crippen molar-refractivity contribution in [2.24, 2.45) is 0 Å². The molecule has 11 heteroatoms.